The van der Waals surface area contributed by atoms with E-state index < -0.39 is 0 Å². The van der Waals surface area contributed by atoms with E-state index in [0.717, 1.165) is 25.3 Å². The SMILES string of the molecule is Cc1ccc2c(c1)c1c3n2CC(c2ccc(C)nc2)NC3CN(C)C1. The van der Waals surface area contributed by atoms with Gasteiger partial charge in [0.1, 0.15) is 0 Å². The molecule has 0 bridgehead atoms. The van der Waals surface area contributed by atoms with Crippen molar-refractivity contribution in [2.24, 2.45) is 0 Å². The van der Waals surface area contributed by atoms with Gasteiger partial charge in [-0.05, 0) is 50.2 Å². The zero-order valence-corrected chi connectivity index (χ0v) is 15.1. The third-order valence-corrected chi connectivity index (χ3v) is 5.72. The molecule has 2 aliphatic rings. The van der Waals surface area contributed by atoms with Crippen LogP contribution in [0.15, 0.2) is 36.5 Å². The summed E-state index contributed by atoms with van der Waals surface area (Å²) in [6.07, 6.45) is 2.03. The van der Waals surface area contributed by atoms with Crippen LogP contribution in [0, 0.1) is 13.8 Å². The number of nitrogens with one attached hydrogen (secondary N) is 1. The van der Waals surface area contributed by atoms with E-state index in [1.54, 1.807) is 0 Å². The lowest BCUT2D eigenvalue weighted by Crippen LogP contribution is -2.44. The van der Waals surface area contributed by atoms with Crippen molar-refractivity contribution in [3.05, 3.63) is 64.6 Å². The third kappa shape index (κ3) is 2.32. The lowest BCUT2D eigenvalue weighted by Gasteiger charge is -2.39. The predicted molar refractivity (Wildman–Crippen MR) is 101 cm³/mol. The normalized spacial score (nSPS) is 23.0. The van der Waals surface area contributed by atoms with E-state index in [9.17, 15) is 0 Å². The molecule has 5 rings (SSSR count). The molecule has 0 spiro atoms. The Balaban J connectivity index is 1.68. The van der Waals surface area contributed by atoms with E-state index in [2.05, 4.69) is 64.1 Å². The fourth-order valence-electron chi connectivity index (χ4n) is 4.55. The Hall–Kier alpha value is -2.17. The van der Waals surface area contributed by atoms with Gasteiger partial charge in [-0.1, -0.05) is 17.7 Å². The molecule has 2 atom stereocenters. The Morgan fingerprint density at radius 1 is 1.08 bits per heavy atom. The third-order valence-electron chi connectivity index (χ3n) is 5.72. The van der Waals surface area contributed by atoms with Gasteiger partial charge in [0.15, 0.2) is 0 Å². The molecule has 1 N–H and O–H groups in total. The zero-order valence-electron chi connectivity index (χ0n) is 15.1. The molecule has 4 nitrogen and oxygen atoms in total. The second-order valence-electron chi connectivity index (χ2n) is 7.70. The van der Waals surface area contributed by atoms with Crippen LogP contribution in [0.5, 0.6) is 0 Å². The summed E-state index contributed by atoms with van der Waals surface area (Å²) < 4.78 is 2.56. The minimum atomic E-state index is 0.307. The number of aryl methyl sites for hydroxylation is 2. The first-order chi connectivity index (χ1) is 12.1. The smallest absolute Gasteiger partial charge is 0.0613 e. The number of rotatable bonds is 1. The van der Waals surface area contributed by atoms with Gasteiger partial charge in [0.2, 0.25) is 0 Å². The monoisotopic (exact) mass is 332 g/mol. The first-order valence-electron chi connectivity index (χ1n) is 9.09. The van der Waals surface area contributed by atoms with Crippen LogP contribution >= 0.6 is 0 Å². The van der Waals surface area contributed by atoms with Gasteiger partial charge >= 0.3 is 0 Å². The molecule has 25 heavy (non-hydrogen) atoms. The Morgan fingerprint density at radius 2 is 1.96 bits per heavy atom. The first-order valence-corrected chi connectivity index (χ1v) is 9.09. The van der Waals surface area contributed by atoms with Crippen molar-refractivity contribution < 1.29 is 0 Å². The van der Waals surface area contributed by atoms with E-state index in [1.165, 1.54) is 33.3 Å². The van der Waals surface area contributed by atoms with Crippen LogP contribution in [-0.2, 0) is 13.1 Å². The van der Waals surface area contributed by atoms with E-state index in [4.69, 9.17) is 0 Å². The number of pyridine rings is 1. The molecule has 2 unspecified atom stereocenters. The van der Waals surface area contributed by atoms with Crippen LogP contribution in [0.3, 0.4) is 0 Å². The fourth-order valence-corrected chi connectivity index (χ4v) is 4.55. The van der Waals surface area contributed by atoms with Gasteiger partial charge in [0.05, 0.1) is 12.1 Å². The molecule has 2 aliphatic heterocycles. The standard InChI is InChI=1S/C21H24N4/c1-13-4-7-20-16(8-13)17-10-24(3)11-19-21(17)25(20)12-18(23-19)15-6-5-14(2)22-9-15/h4-9,18-19,23H,10-12H2,1-3H3. The second-order valence-corrected chi connectivity index (χ2v) is 7.70. The van der Waals surface area contributed by atoms with Crippen LogP contribution in [0.25, 0.3) is 10.9 Å². The molecule has 0 amide bonds. The average molecular weight is 332 g/mol. The van der Waals surface area contributed by atoms with Crippen molar-refractivity contribution in [3.8, 4) is 0 Å². The Kier molecular flexibility index (Phi) is 3.27. The van der Waals surface area contributed by atoms with Gasteiger partial charge in [-0.15, -0.1) is 0 Å². The largest absolute Gasteiger partial charge is 0.341 e. The minimum Gasteiger partial charge on any atom is -0.341 e. The van der Waals surface area contributed by atoms with Crippen molar-refractivity contribution in [1.29, 1.82) is 0 Å². The number of likely N-dealkylation sites (N-methyl/N-ethyl adjacent to an activating group) is 1. The van der Waals surface area contributed by atoms with Gasteiger partial charge in [0, 0.05) is 48.1 Å². The predicted octanol–water partition coefficient (Wildman–Crippen LogP) is 3.48. The Labute approximate surface area is 148 Å². The van der Waals surface area contributed by atoms with Crippen LogP contribution < -0.4 is 5.32 Å². The summed E-state index contributed by atoms with van der Waals surface area (Å²) in [6, 6.07) is 11.9. The topological polar surface area (TPSA) is 33.1 Å². The summed E-state index contributed by atoms with van der Waals surface area (Å²) >= 11 is 0. The number of hydrogen-bond acceptors (Lipinski definition) is 3. The maximum absolute atomic E-state index is 4.51. The molecule has 0 radical (unpaired) electrons. The number of aromatic nitrogens is 2. The number of benzene rings is 1. The maximum atomic E-state index is 4.51. The molecule has 0 aliphatic carbocycles. The quantitative estimate of drug-likeness (QED) is 0.740. The molecular formula is C21H24N4. The number of fused-ring (bicyclic) bond motifs is 3. The highest BCUT2D eigenvalue weighted by molar-refractivity contribution is 5.87. The molecule has 4 heteroatoms. The summed E-state index contributed by atoms with van der Waals surface area (Å²) in [5.74, 6) is 0. The molecular weight excluding hydrogens is 308 g/mol. The van der Waals surface area contributed by atoms with Crippen molar-refractivity contribution in [1.82, 2.24) is 19.8 Å². The molecule has 0 saturated heterocycles. The Bertz CT molecular complexity index is 954. The van der Waals surface area contributed by atoms with Gasteiger partial charge in [-0.25, -0.2) is 0 Å². The molecule has 0 saturated carbocycles. The summed E-state index contributed by atoms with van der Waals surface area (Å²) in [5, 5.41) is 5.32. The molecule has 2 aromatic heterocycles. The van der Waals surface area contributed by atoms with Crippen LogP contribution in [0.1, 0.15) is 40.2 Å². The highest BCUT2D eigenvalue weighted by Crippen LogP contribution is 2.40. The van der Waals surface area contributed by atoms with Gasteiger partial charge in [-0.3, -0.25) is 10.3 Å². The van der Waals surface area contributed by atoms with E-state index >= 15 is 0 Å². The second kappa shape index (κ2) is 5.41. The zero-order chi connectivity index (χ0) is 17.1. The van der Waals surface area contributed by atoms with Gasteiger partial charge < -0.3 is 9.47 Å². The van der Waals surface area contributed by atoms with Gasteiger partial charge in [-0.2, -0.15) is 0 Å². The number of hydrogen-bond donors (Lipinski definition) is 1. The number of nitrogens with zero attached hydrogens (tertiary/aromatic N) is 3. The van der Waals surface area contributed by atoms with Crippen molar-refractivity contribution in [3.63, 3.8) is 0 Å². The first kappa shape index (κ1) is 15.1. The summed E-state index contributed by atoms with van der Waals surface area (Å²) in [5.41, 5.74) is 8.06. The molecule has 128 valence electrons. The van der Waals surface area contributed by atoms with Crippen LogP contribution in [-0.4, -0.2) is 28.0 Å². The Morgan fingerprint density at radius 3 is 2.76 bits per heavy atom. The van der Waals surface area contributed by atoms with Gasteiger partial charge in [0.25, 0.3) is 0 Å². The van der Waals surface area contributed by atoms with Crippen molar-refractivity contribution in [2.75, 3.05) is 13.6 Å². The van der Waals surface area contributed by atoms with E-state index in [1.807, 2.05) is 13.1 Å². The lowest BCUT2D eigenvalue weighted by atomic mass is 9.96. The minimum absolute atomic E-state index is 0.307. The summed E-state index contributed by atoms with van der Waals surface area (Å²) in [4.78, 5) is 6.94. The summed E-state index contributed by atoms with van der Waals surface area (Å²) in [6.45, 7) is 7.29. The average Bonchev–Trinajstić information content (AvgIpc) is 2.89. The lowest BCUT2D eigenvalue weighted by molar-refractivity contribution is 0.217. The molecule has 0 fully saturated rings. The fraction of sp³-hybridized carbons (Fsp3) is 0.381. The van der Waals surface area contributed by atoms with Crippen molar-refractivity contribution >= 4 is 10.9 Å². The van der Waals surface area contributed by atoms with Crippen LogP contribution in [0.2, 0.25) is 0 Å². The molecule has 4 heterocycles. The maximum Gasteiger partial charge on any atom is 0.0613 e. The molecule has 1 aromatic carbocycles. The van der Waals surface area contributed by atoms with Crippen LogP contribution in [0.4, 0.5) is 0 Å². The summed E-state index contributed by atoms with van der Waals surface area (Å²) in [7, 11) is 2.22. The highest BCUT2D eigenvalue weighted by Gasteiger charge is 2.35. The van der Waals surface area contributed by atoms with Crippen molar-refractivity contribution in [2.45, 2.75) is 39.0 Å². The van der Waals surface area contributed by atoms with E-state index in [0.29, 0.717) is 12.1 Å². The van der Waals surface area contributed by atoms with E-state index in [-0.39, 0.29) is 0 Å². The highest BCUT2D eigenvalue weighted by atomic mass is 15.2. The molecule has 3 aromatic rings.